The lowest BCUT2D eigenvalue weighted by Gasteiger charge is -2.54. The minimum absolute atomic E-state index is 0.267. The van der Waals surface area contributed by atoms with Crippen molar-refractivity contribution >= 4 is 0 Å². The van der Waals surface area contributed by atoms with E-state index in [1.54, 1.807) is 0 Å². The fourth-order valence-corrected chi connectivity index (χ4v) is 4.22. The highest BCUT2D eigenvalue weighted by Gasteiger charge is 2.43. The van der Waals surface area contributed by atoms with Gasteiger partial charge in [-0.3, -0.25) is 4.90 Å². The van der Waals surface area contributed by atoms with Crippen LogP contribution in [0, 0.1) is 0 Å². The maximum Gasteiger partial charge on any atom is 0.0702 e. The summed E-state index contributed by atoms with van der Waals surface area (Å²) in [6.07, 6.45) is 11.3. The zero-order valence-corrected chi connectivity index (χ0v) is 13.4. The summed E-state index contributed by atoms with van der Waals surface area (Å²) in [5.41, 5.74) is 0.673. The van der Waals surface area contributed by atoms with E-state index >= 15 is 0 Å². The van der Waals surface area contributed by atoms with Crippen LogP contribution in [0.4, 0.5) is 0 Å². The Morgan fingerprint density at radius 1 is 1.10 bits per heavy atom. The van der Waals surface area contributed by atoms with Crippen molar-refractivity contribution in [3.8, 4) is 0 Å². The Morgan fingerprint density at radius 2 is 1.90 bits per heavy atom. The lowest BCUT2D eigenvalue weighted by Crippen LogP contribution is -2.69. The standard InChI is InChI=1S/C17H32N2O/c1-16(2)13-18-17(9-5-3-6-10-17)14-19(16)12-15-8-4-7-11-20-15/h15,18H,3-14H2,1-2H3. The number of piperazine rings is 1. The first kappa shape index (κ1) is 14.8. The van der Waals surface area contributed by atoms with Crippen LogP contribution in [0.25, 0.3) is 0 Å². The van der Waals surface area contributed by atoms with Crippen molar-refractivity contribution in [1.82, 2.24) is 10.2 Å². The van der Waals surface area contributed by atoms with Crippen LogP contribution in [-0.2, 0) is 4.74 Å². The largest absolute Gasteiger partial charge is 0.377 e. The van der Waals surface area contributed by atoms with Crippen molar-refractivity contribution < 1.29 is 4.74 Å². The summed E-state index contributed by atoms with van der Waals surface area (Å²) in [5.74, 6) is 0. The van der Waals surface area contributed by atoms with Crippen molar-refractivity contribution in [2.75, 3.05) is 26.2 Å². The van der Waals surface area contributed by atoms with Crippen molar-refractivity contribution in [1.29, 1.82) is 0 Å². The van der Waals surface area contributed by atoms with Gasteiger partial charge in [-0.05, 0) is 46.0 Å². The first-order valence-corrected chi connectivity index (χ1v) is 8.71. The molecule has 0 amide bonds. The highest BCUT2D eigenvalue weighted by atomic mass is 16.5. The lowest BCUT2D eigenvalue weighted by atomic mass is 9.77. The molecule has 3 aliphatic rings. The van der Waals surface area contributed by atoms with Crippen molar-refractivity contribution in [2.45, 2.75) is 82.4 Å². The van der Waals surface area contributed by atoms with E-state index in [2.05, 4.69) is 24.1 Å². The molecule has 1 atom stereocenters. The number of hydrogen-bond donors (Lipinski definition) is 1. The Kier molecular flexibility index (Phi) is 4.40. The Balaban J connectivity index is 1.65. The molecule has 1 N–H and O–H groups in total. The van der Waals surface area contributed by atoms with E-state index in [1.165, 1.54) is 57.9 Å². The molecule has 0 aromatic rings. The number of hydrogen-bond acceptors (Lipinski definition) is 3. The van der Waals surface area contributed by atoms with Crippen LogP contribution in [0.1, 0.15) is 65.2 Å². The molecule has 1 unspecified atom stereocenters. The number of ether oxygens (including phenoxy) is 1. The molecule has 0 aromatic carbocycles. The van der Waals surface area contributed by atoms with Crippen molar-refractivity contribution in [2.24, 2.45) is 0 Å². The molecular weight excluding hydrogens is 248 g/mol. The molecule has 1 spiro atoms. The highest BCUT2D eigenvalue weighted by molar-refractivity contribution is 5.03. The van der Waals surface area contributed by atoms with E-state index in [4.69, 9.17) is 4.74 Å². The molecule has 0 bridgehead atoms. The average Bonchev–Trinajstić information content (AvgIpc) is 2.46. The Hall–Kier alpha value is -0.120. The Bertz CT molecular complexity index is 317. The third-order valence-corrected chi connectivity index (χ3v) is 5.75. The molecule has 0 aromatic heterocycles. The minimum atomic E-state index is 0.267. The second-order valence-corrected chi connectivity index (χ2v) is 7.88. The summed E-state index contributed by atoms with van der Waals surface area (Å²) < 4.78 is 5.99. The summed E-state index contributed by atoms with van der Waals surface area (Å²) in [5, 5.41) is 3.91. The van der Waals surface area contributed by atoms with E-state index in [0.29, 0.717) is 11.6 Å². The SMILES string of the molecule is CC1(C)CNC2(CCCCC2)CN1CC1CCCCO1. The first-order chi connectivity index (χ1) is 9.60. The van der Waals surface area contributed by atoms with Crippen LogP contribution in [0.5, 0.6) is 0 Å². The Labute approximate surface area is 124 Å². The molecule has 2 aliphatic heterocycles. The maximum absolute atomic E-state index is 5.99. The number of nitrogens with one attached hydrogen (secondary N) is 1. The third kappa shape index (κ3) is 3.20. The topological polar surface area (TPSA) is 24.5 Å². The summed E-state index contributed by atoms with van der Waals surface area (Å²) in [6, 6.07) is 0. The smallest absolute Gasteiger partial charge is 0.0702 e. The van der Waals surface area contributed by atoms with Gasteiger partial charge in [0.25, 0.3) is 0 Å². The van der Waals surface area contributed by atoms with Gasteiger partial charge in [-0.2, -0.15) is 0 Å². The van der Waals surface area contributed by atoms with Crippen molar-refractivity contribution in [3.63, 3.8) is 0 Å². The minimum Gasteiger partial charge on any atom is -0.377 e. The number of nitrogens with zero attached hydrogens (tertiary/aromatic N) is 1. The summed E-state index contributed by atoms with van der Waals surface area (Å²) in [6.45, 7) is 9.23. The van der Waals surface area contributed by atoms with Crippen LogP contribution in [0.2, 0.25) is 0 Å². The molecule has 0 radical (unpaired) electrons. The van der Waals surface area contributed by atoms with Crippen LogP contribution in [-0.4, -0.2) is 48.3 Å². The highest BCUT2D eigenvalue weighted by Crippen LogP contribution is 2.35. The molecule has 2 heterocycles. The monoisotopic (exact) mass is 280 g/mol. The molecule has 20 heavy (non-hydrogen) atoms. The maximum atomic E-state index is 5.99. The van der Waals surface area contributed by atoms with Gasteiger partial charge >= 0.3 is 0 Å². The van der Waals surface area contributed by atoms with E-state index in [-0.39, 0.29) is 5.54 Å². The van der Waals surface area contributed by atoms with Crippen molar-refractivity contribution in [3.05, 3.63) is 0 Å². The predicted octanol–water partition coefficient (Wildman–Crippen LogP) is 2.94. The molecule has 1 aliphatic carbocycles. The van der Waals surface area contributed by atoms with E-state index < -0.39 is 0 Å². The molecule has 2 saturated heterocycles. The Morgan fingerprint density at radius 3 is 2.60 bits per heavy atom. The fourth-order valence-electron chi connectivity index (χ4n) is 4.22. The summed E-state index contributed by atoms with van der Waals surface area (Å²) >= 11 is 0. The van der Waals surface area contributed by atoms with Gasteiger partial charge in [0.15, 0.2) is 0 Å². The van der Waals surface area contributed by atoms with Gasteiger partial charge in [-0.25, -0.2) is 0 Å². The van der Waals surface area contributed by atoms with E-state index in [0.717, 1.165) is 19.7 Å². The van der Waals surface area contributed by atoms with Gasteiger partial charge in [-0.15, -0.1) is 0 Å². The van der Waals surface area contributed by atoms with Gasteiger partial charge in [0, 0.05) is 37.3 Å². The van der Waals surface area contributed by atoms with Crippen LogP contribution in [0.15, 0.2) is 0 Å². The van der Waals surface area contributed by atoms with Crippen LogP contribution in [0.3, 0.4) is 0 Å². The van der Waals surface area contributed by atoms with Gasteiger partial charge in [0.05, 0.1) is 6.10 Å². The number of rotatable bonds is 2. The van der Waals surface area contributed by atoms with Gasteiger partial charge in [-0.1, -0.05) is 19.3 Å². The third-order valence-electron chi connectivity index (χ3n) is 5.75. The van der Waals surface area contributed by atoms with Crippen LogP contribution < -0.4 is 5.32 Å². The zero-order valence-electron chi connectivity index (χ0n) is 13.4. The first-order valence-electron chi connectivity index (χ1n) is 8.71. The molecular formula is C17H32N2O. The van der Waals surface area contributed by atoms with Crippen LogP contribution >= 0.6 is 0 Å². The molecule has 3 nitrogen and oxygen atoms in total. The second-order valence-electron chi connectivity index (χ2n) is 7.88. The second kappa shape index (κ2) is 5.94. The average molecular weight is 280 g/mol. The molecule has 3 heteroatoms. The summed E-state index contributed by atoms with van der Waals surface area (Å²) in [7, 11) is 0. The molecule has 3 fully saturated rings. The van der Waals surface area contributed by atoms with E-state index in [9.17, 15) is 0 Å². The van der Waals surface area contributed by atoms with E-state index in [1.807, 2.05) is 0 Å². The fraction of sp³-hybridized carbons (Fsp3) is 1.00. The summed E-state index contributed by atoms with van der Waals surface area (Å²) in [4.78, 5) is 2.73. The van der Waals surface area contributed by atoms with Gasteiger partial charge in [0.1, 0.15) is 0 Å². The molecule has 3 rings (SSSR count). The lowest BCUT2D eigenvalue weighted by molar-refractivity contribution is -0.0541. The zero-order chi connectivity index (χ0) is 14.1. The quantitative estimate of drug-likeness (QED) is 0.841. The van der Waals surface area contributed by atoms with Gasteiger partial charge < -0.3 is 10.1 Å². The molecule has 1 saturated carbocycles. The normalized spacial score (nSPS) is 34.2. The van der Waals surface area contributed by atoms with Gasteiger partial charge in [0.2, 0.25) is 0 Å². The molecule has 116 valence electrons. The predicted molar refractivity (Wildman–Crippen MR) is 83.1 cm³/mol.